The molecule has 0 radical (unpaired) electrons. The van der Waals surface area contributed by atoms with Crippen LogP contribution in [0.5, 0.6) is 0 Å². The zero-order chi connectivity index (χ0) is 14.5. The van der Waals surface area contributed by atoms with Gasteiger partial charge in [0.05, 0.1) is 6.26 Å². The van der Waals surface area contributed by atoms with Crippen LogP contribution in [0, 0.1) is 11.8 Å². The normalized spacial score (nSPS) is 31.0. The Kier molecular flexibility index (Phi) is 3.03. The van der Waals surface area contributed by atoms with Crippen molar-refractivity contribution in [3.05, 3.63) is 35.3 Å². The van der Waals surface area contributed by atoms with E-state index in [9.17, 15) is 4.79 Å². The van der Waals surface area contributed by atoms with Crippen molar-refractivity contribution in [2.45, 2.75) is 52.1 Å². The van der Waals surface area contributed by atoms with Crippen molar-refractivity contribution in [3.63, 3.8) is 0 Å². The highest BCUT2D eigenvalue weighted by molar-refractivity contribution is 5.66. The van der Waals surface area contributed by atoms with Gasteiger partial charge in [-0.2, -0.15) is 0 Å². The Morgan fingerprint density at radius 1 is 1.45 bits per heavy atom. The Bertz CT molecular complexity index is 565. The predicted molar refractivity (Wildman–Crippen MR) is 76.3 cm³/mol. The first-order valence-corrected chi connectivity index (χ1v) is 7.32. The van der Waals surface area contributed by atoms with Crippen molar-refractivity contribution in [3.8, 4) is 0 Å². The summed E-state index contributed by atoms with van der Waals surface area (Å²) in [6.07, 6.45) is 5.88. The van der Waals surface area contributed by atoms with E-state index in [1.807, 2.05) is 0 Å². The van der Waals surface area contributed by atoms with Gasteiger partial charge in [-0.05, 0) is 47.8 Å². The molecule has 3 heteroatoms. The molecule has 2 aliphatic rings. The number of fused-ring (bicyclic) bond motifs is 2. The summed E-state index contributed by atoms with van der Waals surface area (Å²) in [5.41, 5.74) is 2.54. The van der Waals surface area contributed by atoms with Crippen molar-refractivity contribution in [1.29, 1.82) is 0 Å². The van der Waals surface area contributed by atoms with E-state index in [1.54, 1.807) is 6.26 Å². The minimum absolute atomic E-state index is 0.0564. The first-order valence-electron chi connectivity index (χ1n) is 7.32. The quantitative estimate of drug-likeness (QED) is 0.580. The van der Waals surface area contributed by atoms with E-state index in [4.69, 9.17) is 9.15 Å². The van der Waals surface area contributed by atoms with Gasteiger partial charge in [-0.3, -0.25) is 4.79 Å². The second-order valence-electron chi connectivity index (χ2n) is 6.70. The second kappa shape index (κ2) is 4.51. The molecule has 3 nitrogen and oxygen atoms in total. The van der Waals surface area contributed by atoms with Gasteiger partial charge in [-0.1, -0.05) is 19.9 Å². The number of rotatable bonds is 1. The number of carbonyl (C=O) groups excluding carboxylic acids is 1. The van der Waals surface area contributed by atoms with Crippen LogP contribution in [0.1, 0.15) is 45.4 Å². The highest BCUT2D eigenvalue weighted by atomic mass is 16.5. The summed E-state index contributed by atoms with van der Waals surface area (Å²) in [4.78, 5) is 11.3. The Hall–Kier alpha value is -1.51. The van der Waals surface area contributed by atoms with Gasteiger partial charge >= 0.3 is 5.97 Å². The zero-order valence-corrected chi connectivity index (χ0v) is 12.6. The molecule has 1 aromatic heterocycles. The summed E-state index contributed by atoms with van der Waals surface area (Å²) in [5.74, 6) is 1.89. The third kappa shape index (κ3) is 2.00. The lowest BCUT2D eigenvalue weighted by Gasteiger charge is -2.46. The lowest BCUT2D eigenvalue weighted by Crippen LogP contribution is -2.44. The van der Waals surface area contributed by atoms with E-state index in [0.29, 0.717) is 11.8 Å². The summed E-state index contributed by atoms with van der Waals surface area (Å²) in [6.45, 7) is 8.10. The molecule has 0 saturated carbocycles. The summed E-state index contributed by atoms with van der Waals surface area (Å²) >= 11 is 0. The van der Waals surface area contributed by atoms with Crippen LogP contribution < -0.4 is 0 Å². The molecule has 0 saturated heterocycles. The van der Waals surface area contributed by atoms with Gasteiger partial charge in [0.2, 0.25) is 0 Å². The third-order valence-corrected chi connectivity index (χ3v) is 5.07. The average molecular weight is 274 g/mol. The molecular weight excluding hydrogens is 252 g/mol. The maximum absolute atomic E-state index is 11.3. The standard InChI is InChI=1S/C17H22O3/c1-10-7-12-8-16-13(5-6-19-16)17(3,4)14(12)9-15(10)20-11(2)18/h5-7,12,14-15H,8-9H2,1-4H3/t12-,14-,15+/m1/s1. The molecule has 3 rings (SSSR count). The maximum Gasteiger partial charge on any atom is 0.303 e. The fourth-order valence-electron chi connectivity index (χ4n) is 4.01. The topological polar surface area (TPSA) is 39.4 Å². The van der Waals surface area contributed by atoms with Gasteiger partial charge in [0.15, 0.2) is 0 Å². The summed E-state index contributed by atoms with van der Waals surface area (Å²) in [6, 6.07) is 2.09. The molecule has 2 aliphatic carbocycles. The monoisotopic (exact) mass is 274 g/mol. The van der Waals surface area contributed by atoms with Crippen molar-refractivity contribution >= 4 is 5.97 Å². The van der Waals surface area contributed by atoms with Gasteiger partial charge in [-0.15, -0.1) is 0 Å². The number of allylic oxidation sites excluding steroid dienone is 1. The van der Waals surface area contributed by atoms with Crippen molar-refractivity contribution < 1.29 is 13.9 Å². The minimum atomic E-state index is -0.196. The van der Waals surface area contributed by atoms with Gasteiger partial charge in [0.25, 0.3) is 0 Å². The minimum Gasteiger partial charge on any atom is -0.469 e. The van der Waals surface area contributed by atoms with Crippen LogP contribution in [0.15, 0.2) is 28.4 Å². The average Bonchev–Trinajstić information content (AvgIpc) is 2.80. The zero-order valence-electron chi connectivity index (χ0n) is 12.6. The summed E-state index contributed by atoms with van der Waals surface area (Å²) in [5, 5.41) is 0. The van der Waals surface area contributed by atoms with E-state index >= 15 is 0 Å². The Morgan fingerprint density at radius 2 is 2.20 bits per heavy atom. The highest BCUT2D eigenvalue weighted by Gasteiger charge is 2.46. The smallest absolute Gasteiger partial charge is 0.303 e. The Balaban J connectivity index is 1.96. The van der Waals surface area contributed by atoms with Gasteiger partial charge in [0, 0.05) is 13.3 Å². The maximum atomic E-state index is 11.3. The lowest BCUT2D eigenvalue weighted by molar-refractivity contribution is -0.146. The highest BCUT2D eigenvalue weighted by Crippen LogP contribution is 2.50. The van der Waals surface area contributed by atoms with Gasteiger partial charge in [0.1, 0.15) is 11.9 Å². The van der Waals surface area contributed by atoms with Crippen molar-refractivity contribution in [2.75, 3.05) is 0 Å². The van der Waals surface area contributed by atoms with Gasteiger partial charge < -0.3 is 9.15 Å². The van der Waals surface area contributed by atoms with Crippen LogP contribution in [-0.4, -0.2) is 12.1 Å². The number of ether oxygens (including phenoxy) is 1. The van der Waals surface area contributed by atoms with E-state index in [0.717, 1.165) is 18.6 Å². The molecule has 0 aliphatic heterocycles. The first-order chi connectivity index (χ1) is 9.39. The van der Waals surface area contributed by atoms with E-state index in [2.05, 4.69) is 32.9 Å². The molecule has 0 N–H and O–H groups in total. The fourth-order valence-corrected chi connectivity index (χ4v) is 4.01. The molecule has 108 valence electrons. The lowest BCUT2D eigenvalue weighted by atomic mass is 9.59. The number of hydrogen-bond donors (Lipinski definition) is 0. The molecule has 0 fully saturated rings. The van der Waals surface area contributed by atoms with Crippen LogP contribution in [0.4, 0.5) is 0 Å². The SMILES string of the molecule is CC(=O)O[C@H]1C[C@@H]2[C@H](C=C1C)Cc1occc1C2(C)C. The number of furan rings is 1. The Labute approximate surface area is 120 Å². The molecule has 0 spiro atoms. The number of hydrogen-bond acceptors (Lipinski definition) is 3. The number of carbonyl (C=O) groups is 1. The van der Waals surface area contributed by atoms with Crippen LogP contribution in [0.25, 0.3) is 0 Å². The molecule has 1 heterocycles. The summed E-state index contributed by atoms with van der Waals surface area (Å²) < 4.78 is 11.1. The fraction of sp³-hybridized carbons (Fsp3) is 0.588. The van der Waals surface area contributed by atoms with Gasteiger partial charge in [-0.25, -0.2) is 0 Å². The Morgan fingerprint density at radius 3 is 2.90 bits per heavy atom. The second-order valence-corrected chi connectivity index (χ2v) is 6.70. The largest absolute Gasteiger partial charge is 0.469 e. The molecule has 0 bridgehead atoms. The molecule has 3 atom stereocenters. The van der Waals surface area contributed by atoms with E-state index < -0.39 is 0 Å². The molecule has 1 aromatic rings. The van der Waals surface area contributed by atoms with E-state index in [1.165, 1.54) is 18.1 Å². The third-order valence-electron chi connectivity index (χ3n) is 5.07. The van der Waals surface area contributed by atoms with Crippen molar-refractivity contribution in [1.82, 2.24) is 0 Å². The molecule has 0 aromatic carbocycles. The molecule has 0 unspecified atom stereocenters. The summed E-state index contributed by atoms with van der Waals surface area (Å²) in [7, 11) is 0. The van der Waals surface area contributed by atoms with E-state index in [-0.39, 0.29) is 17.5 Å². The predicted octanol–water partition coefficient (Wildman–Crippen LogP) is 3.63. The molecular formula is C17H22O3. The molecule has 0 amide bonds. The van der Waals surface area contributed by atoms with Crippen molar-refractivity contribution in [2.24, 2.45) is 11.8 Å². The number of esters is 1. The van der Waals surface area contributed by atoms with Crippen LogP contribution in [-0.2, 0) is 21.4 Å². The molecule has 20 heavy (non-hydrogen) atoms. The first kappa shape index (κ1) is 13.5. The van der Waals surface area contributed by atoms with Crippen LogP contribution in [0.3, 0.4) is 0 Å². The van der Waals surface area contributed by atoms with Crippen LogP contribution in [0.2, 0.25) is 0 Å². The van der Waals surface area contributed by atoms with Crippen LogP contribution >= 0.6 is 0 Å².